The number of benzene rings is 1. The molecule has 27 heteroatoms. The number of phenolic OH excluding ortho intramolecular Hbond substituents is 1. The first kappa shape index (κ1) is 57.9. The van der Waals surface area contributed by atoms with Crippen molar-refractivity contribution >= 4 is 80.6 Å². The summed E-state index contributed by atoms with van der Waals surface area (Å²) in [5, 5.41) is 26.2. The zero-order chi connectivity index (χ0) is 52.2. The molecule has 14 N–H and O–H groups in total. The van der Waals surface area contributed by atoms with E-state index >= 15 is 0 Å². The molecule has 2 rings (SSSR count). The number of nitrogens with zero attached hydrogens (tertiary/aromatic N) is 1. The van der Waals surface area contributed by atoms with Gasteiger partial charge in [0.2, 0.25) is 64.9 Å². The molecule has 0 aliphatic carbocycles. The summed E-state index contributed by atoms with van der Waals surface area (Å²) in [6.07, 6.45) is -3.18. The monoisotopic (exact) mass is 993 g/mol. The van der Waals surface area contributed by atoms with E-state index in [0.717, 1.165) is 11.9 Å². The third-order valence-electron chi connectivity index (χ3n) is 10.8. The molecule has 0 unspecified atom stereocenters. The Balaban J connectivity index is 2.66. The van der Waals surface area contributed by atoms with E-state index < -0.39 is 179 Å². The molecule has 0 bridgehead atoms. The molecular formula is C42H63N11O15S. The molecule has 69 heavy (non-hydrogen) atoms. The van der Waals surface area contributed by atoms with Crippen LogP contribution in [0.2, 0.25) is 0 Å². The molecular weight excluding hydrogens is 931 g/mol. The zero-order valence-electron chi connectivity index (χ0n) is 38.8. The number of ketones is 1. The summed E-state index contributed by atoms with van der Waals surface area (Å²) >= 11 is 0. The smallest absolute Gasteiger partial charge is 0.288 e. The van der Waals surface area contributed by atoms with Gasteiger partial charge < -0.3 is 64.4 Å². The predicted octanol–water partition coefficient (Wildman–Crippen LogP) is -5.33. The summed E-state index contributed by atoms with van der Waals surface area (Å²) in [4.78, 5) is 158. The van der Waals surface area contributed by atoms with Crippen LogP contribution in [0.25, 0.3) is 0 Å². The molecule has 1 aliphatic rings. The van der Waals surface area contributed by atoms with Gasteiger partial charge in [0.1, 0.15) is 42.0 Å². The van der Waals surface area contributed by atoms with Gasteiger partial charge in [0.25, 0.3) is 5.91 Å². The fourth-order valence-electron chi connectivity index (χ4n) is 6.72. The van der Waals surface area contributed by atoms with Crippen LogP contribution in [0, 0.1) is 5.92 Å². The minimum absolute atomic E-state index is 0.0998. The van der Waals surface area contributed by atoms with Crippen molar-refractivity contribution in [2.24, 2.45) is 23.1 Å². The van der Waals surface area contributed by atoms with Gasteiger partial charge in [-0.05, 0) is 42.9 Å². The number of nitrogens with two attached hydrogens (primary N) is 3. The molecule has 1 aromatic rings. The highest BCUT2D eigenvalue weighted by molar-refractivity contribution is 7.91. The SMILES string of the molecule is CCC[C@H](NC(=O)CN(C)C(=O)[C@@H]1CCS(=O)(=O)CCC(=O)C(=O)N[C@@H](Cc2ccc(O)cc2)C(=O)N[C@@H]([C@@H](C)CC)C(=O)N[C@@H](CCC(N)=O)C(=O)N[C@@H](CC(N)=O)C(=O)N1)C(=O)NCC(N)=O. The summed E-state index contributed by atoms with van der Waals surface area (Å²) in [5.41, 5.74) is 16.2. The van der Waals surface area contributed by atoms with Crippen LogP contribution in [0.15, 0.2) is 24.3 Å². The van der Waals surface area contributed by atoms with E-state index in [-0.39, 0.29) is 25.0 Å². The fraction of sp³-hybridized carbons (Fsp3) is 0.571. The lowest BCUT2D eigenvalue weighted by molar-refractivity contribution is -0.140. The van der Waals surface area contributed by atoms with E-state index in [1.165, 1.54) is 24.3 Å². The number of Topliss-reactive ketones (excluding diaryl/α,β-unsaturated/α-hetero) is 1. The van der Waals surface area contributed by atoms with E-state index in [2.05, 4.69) is 37.2 Å². The zero-order valence-corrected chi connectivity index (χ0v) is 39.6. The number of carbonyl (C=O) groups is 12. The topological polar surface area (TPSA) is 425 Å². The first-order chi connectivity index (χ1) is 32.3. The maximum absolute atomic E-state index is 14.0. The Kier molecular flexibility index (Phi) is 23.2. The van der Waals surface area contributed by atoms with Crippen LogP contribution < -0.4 is 54.4 Å². The second-order valence-electron chi connectivity index (χ2n) is 16.5. The predicted molar refractivity (Wildman–Crippen MR) is 243 cm³/mol. The lowest BCUT2D eigenvalue weighted by Gasteiger charge is -2.29. The molecule has 0 radical (unpaired) electrons. The minimum atomic E-state index is -4.38. The highest BCUT2D eigenvalue weighted by Crippen LogP contribution is 2.15. The second kappa shape index (κ2) is 27.6. The van der Waals surface area contributed by atoms with Crippen LogP contribution >= 0.6 is 0 Å². The second-order valence-corrected chi connectivity index (χ2v) is 18.8. The molecule has 1 fully saturated rings. The van der Waals surface area contributed by atoms with E-state index in [1.807, 2.05) is 0 Å². The molecule has 382 valence electrons. The fourth-order valence-corrected chi connectivity index (χ4v) is 8.01. The van der Waals surface area contributed by atoms with E-state index in [9.17, 15) is 71.1 Å². The number of hydrogen-bond donors (Lipinski definition) is 11. The molecule has 0 aromatic heterocycles. The van der Waals surface area contributed by atoms with Crippen molar-refractivity contribution in [2.75, 3.05) is 31.6 Å². The van der Waals surface area contributed by atoms with Crippen molar-refractivity contribution in [3.05, 3.63) is 29.8 Å². The van der Waals surface area contributed by atoms with Crippen molar-refractivity contribution in [1.29, 1.82) is 0 Å². The number of likely N-dealkylation sites (N-methyl/N-ethyl adjacent to an activating group) is 1. The third-order valence-corrected chi connectivity index (χ3v) is 12.5. The molecule has 26 nitrogen and oxygen atoms in total. The van der Waals surface area contributed by atoms with E-state index in [4.69, 9.17) is 17.2 Å². The number of hydrogen-bond acceptors (Lipinski definition) is 15. The number of carbonyl (C=O) groups excluding carboxylic acids is 12. The van der Waals surface area contributed by atoms with Gasteiger partial charge in [0, 0.05) is 26.3 Å². The molecule has 1 aromatic carbocycles. The lowest BCUT2D eigenvalue weighted by Crippen LogP contribution is -2.61. The normalized spacial score (nSPS) is 21.8. The van der Waals surface area contributed by atoms with Gasteiger partial charge in [-0.15, -0.1) is 0 Å². The van der Waals surface area contributed by atoms with Gasteiger partial charge in [-0.2, -0.15) is 0 Å². The maximum atomic E-state index is 14.0. The van der Waals surface area contributed by atoms with E-state index in [0.29, 0.717) is 12.0 Å². The Morgan fingerprint density at radius 1 is 0.797 bits per heavy atom. The number of phenols is 1. The summed E-state index contributed by atoms with van der Waals surface area (Å²) < 4.78 is 26.8. The van der Waals surface area contributed by atoms with Crippen molar-refractivity contribution < 1.29 is 71.1 Å². The van der Waals surface area contributed by atoms with Crippen LogP contribution in [-0.4, -0.2) is 157 Å². The summed E-state index contributed by atoms with van der Waals surface area (Å²) in [7, 11) is -3.29. The van der Waals surface area contributed by atoms with Gasteiger partial charge in [0.15, 0.2) is 9.84 Å². The number of sulfone groups is 1. The average molecular weight is 994 g/mol. The standard InChI is InChI=1S/C42H63N11O15S/c1-5-7-25(36(60)46-20-33(45)58)47-34(59)21-53(4)42(66)27-14-16-69(67,68)17-15-30(55)40(64)51-28(18-23-8-10-24(54)11-9-23)39(63)52-35(22(3)6-2)41(65)48-26(12-13-31(43)56)37(61)50-29(19-32(44)57)38(62)49-27/h8-11,22,25-29,35,54H,5-7,12-21H2,1-4H3,(H2,43,56)(H2,44,57)(H2,45,58)(H,46,60)(H,47,59)(H,48,65)(H,49,62)(H,50,61)(H,51,64)(H,52,63)/t22-,25-,26-,27-,28-,29-,35-/m0/s1. The highest BCUT2D eigenvalue weighted by atomic mass is 32.2. The third kappa shape index (κ3) is 20.3. The average Bonchev–Trinajstić information content (AvgIpc) is 3.27. The van der Waals surface area contributed by atoms with Crippen LogP contribution in [-0.2, 0) is 73.8 Å². The first-order valence-corrected chi connectivity index (χ1v) is 23.8. The molecule has 1 aliphatic heterocycles. The highest BCUT2D eigenvalue weighted by Gasteiger charge is 2.37. The number of primary amides is 3. The van der Waals surface area contributed by atoms with Crippen molar-refractivity contribution in [2.45, 2.75) is 115 Å². The summed E-state index contributed by atoms with van der Waals surface area (Å²) in [6, 6.07) is -4.28. The first-order valence-electron chi connectivity index (χ1n) is 22.0. The van der Waals surface area contributed by atoms with E-state index in [1.54, 1.807) is 20.8 Å². The van der Waals surface area contributed by atoms with Gasteiger partial charge in [-0.1, -0.05) is 45.7 Å². The van der Waals surface area contributed by atoms with Crippen LogP contribution in [0.4, 0.5) is 0 Å². The Labute approximate surface area is 398 Å². The van der Waals surface area contributed by atoms with Gasteiger partial charge in [-0.25, -0.2) is 8.42 Å². The van der Waals surface area contributed by atoms with Crippen LogP contribution in [0.3, 0.4) is 0 Å². The minimum Gasteiger partial charge on any atom is -0.508 e. The van der Waals surface area contributed by atoms with Crippen LogP contribution in [0.5, 0.6) is 5.75 Å². The molecule has 7 atom stereocenters. The summed E-state index contributed by atoms with van der Waals surface area (Å²) in [6.45, 7) is 3.62. The van der Waals surface area contributed by atoms with Crippen molar-refractivity contribution in [3.8, 4) is 5.75 Å². The Hall–Kier alpha value is -7.19. The summed E-state index contributed by atoms with van der Waals surface area (Å²) in [5.74, 6) is -15.5. The molecule has 1 saturated heterocycles. The Morgan fingerprint density at radius 2 is 1.41 bits per heavy atom. The van der Waals surface area contributed by atoms with Crippen molar-refractivity contribution in [1.82, 2.24) is 42.1 Å². The Bertz CT molecular complexity index is 2210. The van der Waals surface area contributed by atoms with Crippen molar-refractivity contribution in [3.63, 3.8) is 0 Å². The van der Waals surface area contributed by atoms with Gasteiger partial charge in [0.05, 0.1) is 31.0 Å². The quantitative estimate of drug-likeness (QED) is 0.0612. The van der Waals surface area contributed by atoms with Crippen LogP contribution in [0.1, 0.15) is 77.7 Å². The number of rotatable bonds is 18. The number of amides is 11. The molecule has 0 spiro atoms. The maximum Gasteiger partial charge on any atom is 0.288 e. The molecule has 0 saturated carbocycles. The van der Waals surface area contributed by atoms with Gasteiger partial charge >= 0.3 is 0 Å². The Morgan fingerprint density at radius 3 is 1.99 bits per heavy atom. The molecule has 11 amide bonds. The molecule has 1 heterocycles. The van der Waals surface area contributed by atoms with Gasteiger partial charge in [-0.3, -0.25) is 57.5 Å². The lowest BCUT2D eigenvalue weighted by atomic mass is 9.96. The largest absolute Gasteiger partial charge is 0.508 e. The number of aromatic hydroxyl groups is 1. The number of nitrogens with one attached hydrogen (secondary N) is 7.